The van der Waals surface area contributed by atoms with Gasteiger partial charge in [0.1, 0.15) is 0 Å². The lowest BCUT2D eigenvalue weighted by molar-refractivity contribution is -0.605. The number of carbonyl (C=O) groups is 1. The number of nitrogens with zero attached hydrogens (tertiary/aromatic N) is 4. The highest BCUT2D eigenvalue weighted by Gasteiger charge is 2.43. The van der Waals surface area contributed by atoms with Gasteiger partial charge in [-0.05, 0) is 36.5 Å². The van der Waals surface area contributed by atoms with Gasteiger partial charge in [0.05, 0.1) is 24.5 Å². The maximum atomic E-state index is 13.1. The molecule has 2 unspecified atom stereocenters. The van der Waals surface area contributed by atoms with Crippen molar-refractivity contribution >= 4 is 5.91 Å². The third-order valence-electron chi connectivity index (χ3n) is 6.14. The highest BCUT2D eigenvalue weighted by molar-refractivity contribution is 5.94. The van der Waals surface area contributed by atoms with Crippen LogP contribution < -0.4 is 10.0 Å². The lowest BCUT2D eigenvalue weighted by atomic mass is 9.87. The molecule has 2 N–H and O–H groups in total. The lowest BCUT2D eigenvalue weighted by Gasteiger charge is -2.29. The minimum absolute atomic E-state index is 0.138. The number of fused-ring (bicyclic) bond motifs is 3. The van der Waals surface area contributed by atoms with Crippen LogP contribution in [0.1, 0.15) is 67.7 Å². The predicted molar refractivity (Wildman–Crippen MR) is 102 cm³/mol. The molecule has 2 aromatic heterocycles. The first-order valence-corrected chi connectivity index (χ1v) is 9.88. The topological polar surface area (TPSA) is 107 Å². The van der Waals surface area contributed by atoms with Gasteiger partial charge in [0, 0.05) is 5.56 Å². The van der Waals surface area contributed by atoms with E-state index >= 15 is 0 Å². The Morgan fingerprint density at radius 3 is 2.93 bits per heavy atom. The number of rotatable bonds is 4. The van der Waals surface area contributed by atoms with Gasteiger partial charge in [0.2, 0.25) is 12.0 Å². The van der Waals surface area contributed by atoms with Crippen molar-refractivity contribution < 1.29 is 14.6 Å². The zero-order chi connectivity index (χ0) is 20.1. The molecule has 0 spiro atoms. The van der Waals surface area contributed by atoms with Gasteiger partial charge in [0.15, 0.2) is 11.9 Å². The normalized spacial score (nSPS) is 22.0. The second kappa shape index (κ2) is 6.84. The second-order valence-corrected chi connectivity index (χ2v) is 8.97. The van der Waals surface area contributed by atoms with Gasteiger partial charge >= 0.3 is 0 Å². The van der Waals surface area contributed by atoms with Gasteiger partial charge in [-0.2, -0.15) is 9.83 Å². The standard InChI is InChI=1S/C20H27N5O3/c1-20(2,3)15(11-26)22-19(27)18-17-13-6-4-5-12(13)9-14(17)25(23-18)16-10-24(28)8-7-21-16/h7-8,10,12-13,15,26H,4-6,9,11H2,1-3H3,(H,22,27)/t12?,13?,15-/m1/s1. The highest BCUT2D eigenvalue weighted by Crippen LogP contribution is 2.49. The van der Waals surface area contributed by atoms with Crippen LogP contribution in [0.25, 0.3) is 5.82 Å². The number of carbonyl (C=O) groups excluding carboxylic acids is 1. The molecule has 0 aromatic carbocycles. The van der Waals surface area contributed by atoms with Crippen molar-refractivity contribution in [2.75, 3.05) is 6.61 Å². The summed E-state index contributed by atoms with van der Waals surface area (Å²) in [4.78, 5) is 17.4. The molecule has 2 aromatic rings. The van der Waals surface area contributed by atoms with E-state index in [0.717, 1.165) is 36.9 Å². The summed E-state index contributed by atoms with van der Waals surface area (Å²) in [5.74, 6) is 0.990. The van der Waals surface area contributed by atoms with E-state index in [1.54, 1.807) is 4.68 Å². The van der Waals surface area contributed by atoms with E-state index in [2.05, 4.69) is 15.4 Å². The van der Waals surface area contributed by atoms with Crippen LogP contribution in [0.4, 0.5) is 0 Å². The summed E-state index contributed by atoms with van der Waals surface area (Å²) in [5.41, 5.74) is 2.10. The van der Waals surface area contributed by atoms with Crippen LogP contribution in [-0.2, 0) is 6.42 Å². The maximum Gasteiger partial charge on any atom is 0.272 e. The summed E-state index contributed by atoms with van der Waals surface area (Å²) in [5, 5.41) is 29.0. The van der Waals surface area contributed by atoms with Crippen LogP contribution >= 0.6 is 0 Å². The van der Waals surface area contributed by atoms with E-state index in [1.807, 2.05) is 20.8 Å². The Morgan fingerprint density at radius 1 is 1.46 bits per heavy atom. The molecule has 0 radical (unpaired) electrons. The van der Waals surface area contributed by atoms with E-state index in [0.29, 0.717) is 28.1 Å². The third kappa shape index (κ3) is 3.15. The largest absolute Gasteiger partial charge is 0.619 e. The van der Waals surface area contributed by atoms with Gasteiger partial charge in [-0.25, -0.2) is 9.67 Å². The molecule has 8 nitrogen and oxygen atoms in total. The molecule has 3 atom stereocenters. The molecule has 2 aliphatic carbocycles. The summed E-state index contributed by atoms with van der Waals surface area (Å²) in [7, 11) is 0. The monoisotopic (exact) mass is 385 g/mol. The van der Waals surface area contributed by atoms with Crippen molar-refractivity contribution in [2.24, 2.45) is 11.3 Å². The Morgan fingerprint density at radius 2 is 2.25 bits per heavy atom. The number of hydrogen-bond donors (Lipinski definition) is 2. The molecule has 0 saturated heterocycles. The highest BCUT2D eigenvalue weighted by atomic mass is 16.5. The first kappa shape index (κ1) is 18.9. The molecule has 1 saturated carbocycles. The molecule has 0 aliphatic heterocycles. The Balaban J connectivity index is 1.76. The van der Waals surface area contributed by atoms with Crippen LogP contribution in [0, 0.1) is 16.5 Å². The summed E-state index contributed by atoms with van der Waals surface area (Å²) in [6.45, 7) is 5.79. The smallest absolute Gasteiger partial charge is 0.272 e. The molecule has 2 aliphatic rings. The first-order valence-electron chi connectivity index (χ1n) is 9.88. The predicted octanol–water partition coefficient (Wildman–Crippen LogP) is 1.48. The second-order valence-electron chi connectivity index (χ2n) is 8.97. The molecule has 28 heavy (non-hydrogen) atoms. The lowest BCUT2D eigenvalue weighted by Crippen LogP contribution is -2.46. The number of hydrogen-bond acceptors (Lipinski definition) is 5. The first-order chi connectivity index (χ1) is 13.3. The van der Waals surface area contributed by atoms with Gasteiger partial charge in [-0.15, -0.1) is 0 Å². The van der Waals surface area contributed by atoms with Gasteiger partial charge in [-0.1, -0.05) is 27.2 Å². The van der Waals surface area contributed by atoms with Gasteiger partial charge in [0.25, 0.3) is 5.91 Å². The molecule has 150 valence electrons. The van der Waals surface area contributed by atoms with Crippen LogP contribution in [-0.4, -0.2) is 38.4 Å². The fourth-order valence-electron chi connectivity index (χ4n) is 4.56. The summed E-state index contributed by atoms with van der Waals surface area (Å²) < 4.78 is 2.34. The average Bonchev–Trinajstić information content (AvgIpc) is 3.29. The van der Waals surface area contributed by atoms with Crippen LogP contribution in [0.3, 0.4) is 0 Å². The van der Waals surface area contributed by atoms with E-state index in [4.69, 9.17) is 0 Å². The maximum absolute atomic E-state index is 13.1. The summed E-state index contributed by atoms with van der Waals surface area (Å²) in [6, 6.07) is -0.375. The number of amides is 1. The molecular weight excluding hydrogens is 358 g/mol. The number of nitrogens with one attached hydrogen (secondary N) is 1. The van der Waals surface area contributed by atoms with Crippen molar-refractivity contribution in [2.45, 2.75) is 58.4 Å². The van der Waals surface area contributed by atoms with Crippen LogP contribution in [0.15, 0.2) is 18.6 Å². The Labute approximate surface area is 164 Å². The van der Waals surface area contributed by atoms with E-state index in [1.165, 1.54) is 18.6 Å². The minimum atomic E-state index is -0.375. The Hall–Kier alpha value is -2.48. The molecular formula is C20H27N5O3. The summed E-state index contributed by atoms with van der Waals surface area (Å²) >= 11 is 0. The van der Waals surface area contributed by atoms with Gasteiger partial charge < -0.3 is 15.6 Å². The van der Waals surface area contributed by atoms with E-state index < -0.39 is 0 Å². The van der Waals surface area contributed by atoms with Crippen LogP contribution in [0.5, 0.6) is 0 Å². The zero-order valence-corrected chi connectivity index (χ0v) is 16.6. The fraction of sp³-hybridized carbons (Fsp3) is 0.600. The van der Waals surface area contributed by atoms with Crippen molar-refractivity contribution in [3.05, 3.63) is 40.7 Å². The fourth-order valence-corrected chi connectivity index (χ4v) is 4.56. The molecule has 1 amide bonds. The zero-order valence-electron chi connectivity index (χ0n) is 16.6. The molecule has 1 fully saturated rings. The van der Waals surface area contributed by atoms with Crippen LogP contribution in [0.2, 0.25) is 0 Å². The summed E-state index contributed by atoms with van der Waals surface area (Å²) in [6.07, 6.45) is 8.33. The molecule has 0 bridgehead atoms. The third-order valence-corrected chi connectivity index (χ3v) is 6.14. The number of aromatic nitrogens is 4. The molecule has 8 heteroatoms. The van der Waals surface area contributed by atoms with E-state index in [-0.39, 0.29) is 24.0 Å². The Bertz CT molecular complexity index is 902. The number of aliphatic hydroxyl groups is 1. The SMILES string of the molecule is CC(C)(C)[C@@H](CO)NC(=O)c1nn(-c2c[n+]([O-])ccn2)c2c1C1CCCC1C2. The quantitative estimate of drug-likeness (QED) is 0.612. The minimum Gasteiger partial charge on any atom is -0.619 e. The number of aliphatic hydroxyl groups excluding tert-OH is 1. The van der Waals surface area contributed by atoms with E-state index in [9.17, 15) is 15.1 Å². The van der Waals surface area contributed by atoms with Crippen molar-refractivity contribution in [1.82, 2.24) is 20.1 Å². The van der Waals surface area contributed by atoms with Crippen molar-refractivity contribution in [3.8, 4) is 5.82 Å². The Kier molecular flexibility index (Phi) is 4.61. The van der Waals surface area contributed by atoms with Crippen molar-refractivity contribution in [3.63, 3.8) is 0 Å². The molecule has 2 heterocycles. The van der Waals surface area contributed by atoms with Crippen molar-refractivity contribution in [1.29, 1.82) is 0 Å². The molecule has 4 rings (SSSR count). The average molecular weight is 385 g/mol. The van der Waals surface area contributed by atoms with Gasteiger partial charge in [-0.3, -0.25) is 4.79 Å².